The molecule has 0 aliphatic carbocycles. The Kier molecular flexibility index (Phi) is 3.84. The molecule has 0 aliphatic heterocycles. The Morgan fingerprint density at radius 3 is 2.71 bits per heavy atom. The fraction of sp³-hybridized carbons (Fsp3) is 0.167. The minimum atomic E-state index is 0.565. The van der Waals surface area contributed by atoms with Crippen molar-refractivity contribution in [3.05, 3.63) is 71.9 Å². The SMILES string of the molecule is CN(Cc1ccc2ccccc2n1)c1cccc(CN)c1. The molecule has 0 aliphatic rings. The minimum absolute atomic E-state index is 0.565. The van der Waals surface area contributed by atoms with Crippen LogP contribution in [0.3, 0.4) is 0 Å². The number of hydrogen-bond acceptors (Lipinski definition) is 3. The Morgan fingerprint density at radius 1 is 1.00 bits per heavy atom. The van der Waals surface area contributed by atoms with E-state index < -0.39 is 0 Å². The van der Waals surface area contributed by atoms with E-state index in [0.29, 0.717) is 6.54 Å². The van der Waals surface area contributed by atoms with Gasteiger partial charge in [0.05, 0.1) is 17.8 Å². The quantitative estimate of drug-likeness (QED) is 0.795. The predicted octanol–water partition coefficient (Wildman–Crippen LogP) is 3.33. The van der Waals surface area contributed by atoms with E-state index >= 15 is 0 Å². The van der Waals surface area contributed by atoms with Crippen LogP contribution in [0, 0.1) is 0 Å². The first-order chi connectivity index (χ1) is 10.3. The van der Waals surface area contributed by atoms with E-state index in [2.05, 4.69) is 42.3 Å². The first-order valence-electron chi connectivity index (χ1n) is 7.11. The molecule has 21 heavy (non-hydrogen) atoms. The summed E-state index contributed by atoms with van der Waals surface area (Å²) in [5, 5.41) is 1.18. The standard InChI is InChI=1S/C18H19N3/c1-21(17-7-4-5-14(11-17)12-19)13-16-10-9-15-6-2-3-8-18(15)20-16/h2-11H,12-13,19H2,1H3. The lowest BCUT2D eigenvalue weighted by atomic mass is 10.1. The van der Waals surface area contributed by atoms with Crippen molar-refractivity contribution in [3.63, 3.8) is 0 Å². The highest BCUT2D eigenvalue weighted by Crippen LogP contribution is 2.18. The smallest absolute Gasteiger partial charge is 0.0706 e. The van der Waals surface area contributed by atoms with Crippen LogP contribution < -0.4 is 10.6 Å². The molecular formula is C18H19N3. The van der Waals surface area contributed by atoms with Gasteiger partial charge in [-0.3, -0.25) is 4.98 Å². The first-order valence-corrected chi connectivity index (χ1v) is 7.11. The van der Waals surface area contributed by atoms with Crippen LogP contribution in [0.15, 0.2) is 60.7 Å². The van der Waals surface area contributed by atoms with Crippen LogP contribution in [0.5, 0.6) is 0 Å². The van der Waals surface area contributed by atoms with Crippen molar-refractivity contribution in [2.24, 2.45) is 5.73 Å². The molecule has 2 aromatic carbocycles. The number of anilines is 1. The minimum Gasteiger partial charge on any atom is -0.369 e. The van der Waals surface area contributed by atoms with Crippen molar-refractivity contribution in [1.82, 2.24) is 4.98 Å². The van der Waals surface area contributed by atoms with Gasteiger partial charge in [-0.25, -0.2) is 0 Å². The third-order valence-electron chi connectivity index (χ3n) is 3.64. The molecule has 0 saturated carbocycles. The highest BCUT2D eigenvalue weighted by atomic mass is 15.1. The average molecular weight is 277 g/mol. The Labute approximate surface area is 125 Å². The molecule has 2 N–H and O–H groups in total. The van der Waals surface area contributed by atoms with Crippen molar-refractivity contribution in [3.8, 4) is 0 Å². The van der Waals surface area contributed by atoms with Gasteiger partial charge in [0.1, 0.15) is 0 Å². The van der Waals surface area contributed by atoms with E-state index in [0.717, 1.165) is 29.0 Å². The molecule has 3 heteroatoms. The monoisotopic (exact) mass is 277 g/mol. The predicted molar refractivity (Wildman–Crippen MR) is 88.2 cm³/mol. The molecule has 1 heterocycles. The first kappa shape index (κ1) is 13.6. The van der Waals surface area contributed by atoms with Gasteiger partial charge in [0, 0.05) is 24.7 Å². The van der Waals surface area contributed by atoms with Crippen LogP contribution in [0.2, 0.25) is 0 Å². The van der Waals surface area contributed by atoms with Gasteiger partial charge in [0.2, 0.25) is 0 Å². The lowest BCUT2D eigenvalue weighted by molar-refractivity contribution is 0.889. The summed E-state index contributed by atoms with van der Waals surface area (Å²) in [5.41, 5.74) is 10.1. The molecule has 0 radical (unpaired) electrons. The van der Waals surface area contributed by atoms with E-state index in [4.69, 9.17) is 10.7 Å². The zero-order valence-electron chi connectivity index (χ0n) is 12.2. The molecule has 3 aromatic rings. The Balaban J connectivity index is 1.83. The van der Waals surface area contributed by atoms with Crippen LogP contribution in [-0.4, -0.2) is 12.0 Å². The Morgan fingerprint density at radius 2 is 1.86 bits per heavy atom. The summed E-state index contributed by atoms with van der Waals surface area (Å²) in [6.07, 6.45) is 0. The molecule has 0 amide bonds. The van der Waals surface area contributed by atoms with Gasteiger partial charge in [-0.2, -0.15) is 0 Å². The lowest BCUT2D eigenvalue weighted by Gasteiger charge is -2.19. The largest absolute Gasteiger partial charge is 0.369 e. The molecule has 3 nitrogen and oxygen atoms in total. The topological polar surface area (TPSA) is 42.2 Å². The molecule has 3 rings (SSSR count). The Hall–Kier alpha value is -2.39. The second-order valence-electron chi connectivity index (χ2n) is 5.23. The lowest BCUT2D eigenvalue weighted by Crippen LogP contribution is -2.17. The normalized spacial score (nSPS) is 10.8. The highest BCUT2D eigenvalue weighted by molar-refractivity contribution is 5.78. The summed E-state index contributed by atoms with van der Waals surface area (Å²) in [5.74, 6) is 0. The van der Waals surface area contributed by atoms with Crippen molar-refractivity contribution in [2.45, 2.75) is 13.1 Å². The van der Waals surface area contributed by atoms with Crippen molar-refractivity contribution in [2.75, 3.05) is 11.9 Å². The molecule has 1 aromatic heterocycles. The molecule has 0 atom stereocenters. The molecule has 0 saturated heterocycles. The molecule has 0 bridgehead atoms. The van der Waals surface area contributed by atoms with Crippen molar-refractivity contribution in [1.29, 1.82) is 0 Å². The second kappa shape index (κ2) is 5.94. The van der Waals surface area contributed by atoms with Crippen LogP contribution in [-0.2, 0) is 13.1 Å². The second-order valence-corrected chi connectivity index (χ2v) is 5.23. The van der Waals surface area contributed by atoms with Gasteiger partial charge in [-0.1, -0.05) is 36.4 Å². The number of para-hydroxylation sites is 1. The molecule has 106 valence electrons. The molecule has 0 unspecified atom stereocenters. The van der Waals surface area contributed by atoms with Gasteiger partial charge < -0.3 is 10.6 Å². The fourth-order valence-corrected chi connectivity index (χ4v) is 2.45. The maximum Gasteiger partial charge on any atom is 0.0706 e. The highest BCUT2D eigenvalue weighted by Gasteiger charge is 2.05. The van der Waals surface area contributed by atoms with Gasteiger partial charge in [-0.15, -0.1) is 0 Å². The number of nitrogens with zero attached hydrogens (tertiary/aromatic N) is 2. The van der Waals surface area contributed by atoms with Crippen molar-refractivity contribution < 1.29 is 0 Å². The van der Waals surface area contributed by atoms with Gasteiger partial charge in [-0.05, 0) is 29.8 Å². The summed E-state index contributed by atoms with van der Waals surface area (Å²) in [6.45, 7) is 1.34. The van der Waals surface area contributed by atoms with Gasteiger partial charge in [0.25, 0.3) is 0 Å². The number of aromatic nitrogens is 1. The molecular weight excluding hydrogens is 258 g/mol. The number of benzene rings is 2. The van der Waals surface area contributed by atoms with Crippen LogP contribution in [0.1, 0.15) is 11.3 Å². The Bertz CT molecular complexity index is 752. The number of pyridine rings is 1. The van der Waals surface area contributed by atoms with E-state index in [9.17, 15) is 0 Å². The summed E-state index contributed by atoms with van der Waals surface area (Å²) >= 11 is 0. The van der Waals surface area contributed by atoms with E-state index in [-0.39, 0.29) is 0 Å². The average Bonchev–Trinajstić information content (AvgIpc) is 2.54. The van der Waals surface area contributed by atoms with Crippen LogP contribution in [0.4, 0.5) is 5.69 Å². The van der Waals surface area contributed by atoms with Gasteiger partial charge >= 0.3 is 0 Å². The summed E-state index contributed by atoms with van der Waals surface area (Å²) in [6, 6.07) is 20.7. The van der Waals surface area contributed by atoms with Crippen molar-refractivity contribution >= 4 is 16.6 Å². The summed E-state index contributed by atoms with van der Waals surface area (Å²) < 4.78 is 0. The number of rotatable bonds is 4. The van der Waals surface area contributed by atoms with Crippen LogP contribution >= 0.6 is 0 Å². The van der Waals surface area contributed by atoms with E-state index in [1.54, 1.807) is 0 Å². The van der Waals surface area contributed by atoms with Gasteiger partial charge in [0.15, 0.2) is 0 Å². The van der Waals surface area contributed by atoms with Crippen LogP contribution in [0.25, 0.3) is 10.9 Å². The summed E-state index contributed by atoms with van der Waals surface area (Å²) in [4.78, 5) is 6.91. The molecule has 0 spiro atoms. The third kappa shape index (κ3) is 3.03. The maximum absolute atomic E-state index is 5.70. The number of hydrogen-bond donors (Lipinski definition) is 1. The maximum atomic E-state index is 5.70. The third-order valence-corrected chi connectivity index (χ3v) is 3.64. The summed E-state index contributed by atoms with van der Waals surface area (Å²) in [7, 11) is 2.08. The number of nitrogens with two attached hydrogens (primary N) is 1. The zero-order chi connectivity index (χ0) is 14.7. The van der Waals surface area contributed by atoms with E-state index in [1.165, 1.54) is 5.39 Å². The fourth-order valence-electron chi connectivity index (χ4n) is 2.45. The van der Waals surface area contributed by atoms with E-state index in [1.807, 2.05) is 30.3 Å². The number of fused-ring (bicyclic) bond motifs is 1. The molecule has 0 fully saturated rings. The zero-order valence-corrected chi connectivity index (χ0v) is 12.2.